The highest BCUT2D eigenvalue weighted by Gasteiger charge is 2.29. The largest absolute Gasteiger partial charge is 0.508 e. The Kier molecular flexibility index (Phi) is 8.51. The number of hydrogen-bond donors (Lipinski definition) is 1. The number of carbonyl (C=O) groups is 2. The average Bonchev–Trinajstić information content (AvgIpc) is 3.08. The number of benzene rings is 2. The van der Waals surface area contributed by atoms with Crippen LogP contribution in [0.25, 0.3) is 11.1 Å². The maximum Gasteiger partial charge on any atom is 0.508 e. The van der Waals surface area contributed by atoms with Gasteiger partial charge in [-0.25, -0.2) is 4.79 Å². The highest BCUT2D eigenvalue weighted by Crippen LogP contribution is 2.44. The van der Waals surface area contributed by atoms with Crippen LogP contribution in [-0.4, -0.2) is 29.9 Å². The summed E-state index contributed by atoms with van der Waals surface area (Å²) >= 11 is 0. The summed E-state index contributed by atoms with van der Waals surface area (Å²) in [5.41, 5.74) is 4.79. The van der Waals surface area contributed by atoms with Crippen molar-refractivity contribution in [3.8, 4) is 11.1 Å². The Morgan fingerprint density at radius 3 is 2.03 bits per heavy atom. The summed E-state index contributed by atoms with van der Waals surface area (Å²) in [6.07, 6.45) is 6.15. The molecule has 2 aromatic rings. The number of carboxylic acids is 1. The van der Waals surface area contributed by atoms with Crippen molar-refractivity contribution in [3.05, 3.63) is 59.7 Å². The zero-order valence-electron chi connectivity index (χ0n) is 18.2. The van der Waals surface area contributed by atoms with Crippen LogP contribution >= 0.6 is 0 Å². The maximum atomic E-state index is 12.2. The lowest BCUT2D eigenvalue weighted by Gasteiger charge is -2.16. The van der Waals surface area contributed by atoms with E-state index in [9.17, 15) is 9.59 Å². The molecule has 0 bridgehead atoms. The summed E-state index contributed by atoms with van der Waals surface area (Å²) in [5, 5.41) is 8.62. The van der Waals surface area contributed by atoms with Gasteiger partial charge in [0.2, 0.25) is 0 Å². The molecule has 1 aliphatic rings. The standard InChI is InChI=1S/C26H32O5/c1-19(12-6-4-2-3-5-7-17-25(27)28)31-26(29)30-18-24-22-15-10-8-13-20(22)21-14-9-11-16-23(21)24/h8-11,13-16,19,24H,2-7,12,17-18H2,1H3,(H,27,28). The highest BCUT2D eigenvalue weighted by atomic mass is 16.7. The van der Waals surface area contributed by atoms with Gasteiger partial charge in [0.15, 0.2) is 0 Å². The molecule has 1 N–H and O–H groups in total. The minimum absolute atomic E-state index is 0.0383. The lowest BCUT2D eigenvalue weighted by Crippen LogP contribution is -2.18. The third-order valence-electron chi connectivity index (χ3n) is 5.88. The molecule has 0 heterocycles. The number of rotatable bonds is 12. The number of carbonyl (C=O) groups excluding carboxylic acids is 1. The molecule has 0 saturated heterocycles. The summed E-state index contributed by atoms with van der Waals surface area (Å²) in [4.78, 5) is 22.7. The molecule has 3 rings (SSSR count). The molecule has 2 aromatic carbocycles. The molecule has 1 unspecified atom stereocenters. The monoisotopic (exact) mass is 424 g/mol. The van der Waals surface area contributed by atoms with E-state index in [-0.39, 0.29) is 25.0 Å². The molecule has 0 saturated carbocycles. The van der Waals surface area contributed by atoms with Crippen molar-refractivity contribution in [2.24, 2.45) is 0 Å². The Hall–Kier alpha value is -2.82. The van der Waals surface area contributed by atoms with Gasteiger partial charge in [0.05, 0.1) is 0 Å². The number of carboxylic acid groups (broad SMARTS) is 1. The van der Waals surface area contributed by atoms with Crippen LogP contribution in [0.3, 0.4) is 0 Å². The lowest BCUT2D eigenvalue weighted by atomic mass is 9.98. The van der Waals surface area contributed by atoms with Crippen molar-refractivity contribution in [3.63, 3.8) is 0 Å². The van der Waals surface area contributed by atoms with Crippen LogP contribution in [0.15, 0.2) is 48.5 Å². The van der Waals surface area contributed by atoms with Gasteiger partial charge in [-0.1, -0.05) is 74.2 Å². The van der Waals surface area contributed by atoms with E-state index in [0.29, 0.717) is 0 Å². The predicted octanol–water partition coefficient (Wildman–Crippen LogP) is 6.55. The zero-order valence-corrected chi connectivity index (χ0v) is 18.2. The van der Waals surface area contributed by atoms with E-state index in [1.165, 1.54) is 22.3 Å². The summed E-state index contributed by atoms with van der Waals surface area (Å²) < 4.78 is 10.9. The average molecular weight is 425 g/mol. The molecule has 0 radical (unpaired) electrons. The Morgan fingerprint density at radius 1 is 0.871 bits per heavy atom. The molecule has 5 nitrogen and oxygen atoms in total. The number of aliphatic carboxylic acids is 1. The summed E-state index contributed by atoms with van der Waals surface area (Å²) in [6, 6.07) is 16.5. The van der Waals surface area contributed by atoms with Gasteiger partial charge in [-0.3, -0.25) is 4.79 Å². The van der Waals surface area contributed by atoms with Gasteiger partial charge < -0.3 is 14.6 Å². The number of fused-ring (bicyclic) bond motifs is 3. The first-order valence-corrected chi connectivity index (χ1v) is 11.3. The molecule has 5 heteroatoms. The van der Waals surface area contributed by atoms with E-state index in [4.69, 9.17) is 14.6 Å². The van der Waals surface area contributed by atoms with Crippen molar-refractivity contribution in [2.45, 2.75) is 70.3 Å². The van der Waals surface area contributed by atoms with E-state index < -0.39 is 12.1 Å². The summed E-state index contributed by atoms with van der Waals surface area (Å²) in [7, 11) is 0. The fraction of sp³-hybridized carbons (Fsp3) is 0.462. The first-order valence-electron chi connectivity index (χ1n) is 11.3. The third kappa shape index (κ3) is 6.58. The minimum atomic E-state index is -0.723. The first-order chi connectivity index (χ1) is 15.1. The van der Waals surface area contributed by atoms with Crippen LogP contribution in [0.4, 0.5) is 4.79 Å². The molecule has 1 atom stereocenters. The number of hydrogen-bond acceptors (Lipinski definition) is 4. The molecule has 0 amide bonds. The number of unbranched alkanes of at least 4 members (excludes halogenated alkanes) is 5. The van der Waals surface area contributed by atoms with Gasteiger partial charge in [-0.2, -0.15) is 0 Å². The topological polar surface area (TPSA) is 72.8 Å². The molecular formula is C26H32O5. The highest BCUT2D eigenvalue weighted by molar-refractivity contribution is 5.79. The first kappa shape index (κ1) is 22.9. The van der Waals surface area contributed by atoms with E-state index in [2.05, 4.69) is 24.3 Å². The predicted molar refractivity (Wildman–Crippen MR) is 120 cm³/mol. The van der Waals surface area contributed by atoms with Gasteiger partial charge in [-0.15, -0.1) is 0 Å². The molecule has 1 aliphatic carbocycles. The Balaban J connectivity index is 1.35. The van der Waals surface area contributed by atoms with E-state index >= 15 is 0 Å². The fourth-order valence-corrected chi connectivity index (χ4v) is 4.26. The fourth-order valence-electron chi connectivity index (χ4n) is 4.26. The minimum Gasteiger partial charge on any atom is -0.481 e. The van der Waals surface area contributed by atoms with Crippen molar-refractivity contribution in [2.75, 3.05) is 6.61 Å². The lowest BCUT2D eigenvalue weighted by molar-refractivity contribution is -0.137. The van der Waals surface area contributed by atoms with Crippen LogP contribution in [-0.2, 0) is 14.3 Å². The molecule has 0 aromatic heterocycles. The van der Waals surface area contributed by atoms with Gasteiger partial charge in [0.1, 0.15) is 12.7 Å². The molecule has 0 spiro atoms. The molecule has 166 valence electrons. The van der Waals surface area contributed by atoms with Gasteiger partial charge >= 0.3 is 12.1 Å². The van der Waals surface area contributed by atoms with Crippen LogP contribution < -0.4 is 0 Å². The summed E-state index contributed by atoms with van der Waals surface area (Å²) in [5.74, 6) is -0.685. The zero-order chi connectivity index (χ0) is 22.1. The molecule has 31 heavy (non-hydrogen) atoms. The third-order valence-corrected chi connectivity index (χ3v) is 5.88. The van der Waals surface area contributed by atoms with Gasteiger partial charge in [0.25, 0.3) is 0 Å². The quantitative estimate of drug-likeness (QED) is 0.309. The Labute approximate surface area is 184 Å². The number of ether oxygens (including phenoxy) is 2. The molecule has 0 fully saturated rings. The second-order valence-electron chi connectivity index (χ2n) is 8.27. The van der Waals surface area contributed by atoms with Gasteiger partial charge in [-0.05, 0) is 48.4 Å². The van der Waals surface area contributed by atoms with Gasteiger partial charge in [0, 0.05) is 12.3 Å². The molecule has 0 aliphatic heterocycles. The van der Waals surface area contributed by atoms with Crippen LogP contribution in [0.5, 0.6) is 0 Å². The van der Waals surface area contributed by atoms with E-state index in [1.54, 1.807) is 0 Å². The van der Waals surface area contributed by atoms with Crippen molar-refractivity contribution in [1.29, 1.82) is 0 Å². The van der Waals surface area contributed by atoms with Crippen LogP contribution in [0.2, 0.25) is 0 Å². The van der Waals surface area contributed by atoms with E-state index in [0.717, 1.165) is 44.9 Å². The van der Waals surface area contributed by atoms with Crippen LogP contribution in [0.1, 0.15) is 75.3 Å². The van der Waals surface area contributed by atoms with Crippen LogP contribution in [0, 0.1) is 0 Å². The summed E-state index contributed by atoms with van der Waals surface area (Å²) in [6.45, 7) is 2.17. The second-order valence-corrected chi connectivity index (χ2v) is 8.27. The second kappa shape index (κ2) is 11.5. The van der Waals surface area contributed by atoms with E-state index in [1.807, 2.05) is 31.2 Å². The Morgan fingerprint density at radius 2 is 1.42 bits per heavy atom. The van der Waals surface area contributed by atoms with Crippen molar-refractivity contribution >= 4 is 12.1 Å². The van der Waals surface area contributed by atoms with Crippen molar-refractivity contribution < 1.29 is 24.2 Å². The Bertz CT molecular complexity index is 830. The maximum absolute atomic E-state index is 12.2. The smallest absolute Gasteiger partial charge is 0.481 e. The SMILES string of the molecule is CC(CCCCCCCCC(=O)O)OC(=O)OCC1c2ccccc2-c2ccccc21. The molecular weight excluding hydrogens is 392 g/mol. The van der Waals surface area contributed by atoms with Crippen molar-refractivity contribution in [1.82, 2.24) is 0 Å². The normalized spacial score (nSPS) is 13.3.